The van der Waals surface area contributed by atoms with Gasteiger partial charge in [0.1, 0.15) is 0 Å². The van der Waals surface area contributed by atoms with Crippen molar-refractivity contribution in [1.29, 1.82) is 0 Å². The van der Waals surface area contributed by atoms with E-state index in [0.29, 0.717) is 17.9 Å². The molecule has 0 bridgehead atoms. The predicted molar refractivity (Wildman–Crippen MR) is 101 cm³/mol. The molecule has 1 fully saturated rings. The highest BCUT2D eigenvalue weighted by atomic mass is 127. The van der Waals surface area contributed by atoms with Crippen LogP contribution in [-0.2, 0) is 0 Å². The molecule has 0 saturated carbocycles. The van der Waals surface area contributed by atoms with Crippen LogP contribution < -0.4 is 11.1 Å². The quantitative estimate of drug-likeness (QED) is 0.462. The zero-order chi connectivity index (χ0) is 14.4. The van der Waals surface area contributed by atoms with E-state index in [1.807, 2.05) is 30.3 Å². The number of hydrogen-bond donors (Lipinski definition) is 2. The van der Waals surface area contributed by atoms with E-state index in [-0.39, 0.29) is 24.0 Å². The number of nitrogens with two attached hydrogens (primary N) is 1. The first kappa shape index (κ1) is 18.2. The Hall–Kier alpha value is -0.820. The second-order valence-electron chi connectivity index (χ2n) is 5.81. The van der Waals surface area contributed by atoms with Crippen LogP contribution in [0.25, 0.3) is 0 Å². The highest BCUT2D eigenvalue weighted by molar-refractivity contribution is 14.0. The van der Waals surface area contributed by atoms with Crippen molar-refractivity contribution >= 4 is 35.6 Å². The minimum Gasteiger partial charge on any atom is -0.370 e. The zero-order valence-corrected chi connectivity index (χ0v) is 15.3. The molecular formula is C16H27IN4. The number of benzene rings is 1. The van der Waals surface area contributed by atoms with Crippen molar-refractivity contribution < 1.29 is 0 Å². The molecule has 3 N–H and O–H groups in total. The summed E-state index contributed by atoms with van der Waals surface area (Å²) in [5.74, 6) is 1.14. The van der Waals surface area contributed by atoms with E-state index in [1.165, 1.54) is 19.4 Å². The predicted octanol–water partition coefficient (Wildman–Crippen LogP) is 3.15. The summed E-state index contributed by atoms with van der Waals surface area (Å²) in [6.45, 7) is 7.69. The number of hydrogen-bond acceptors (Lipinski definition) is 2. The summed E-state index contributed by atoms with van der Waals surface area (Å²) in [4.78, 5) is 7.03. The first-order chi connectivity index (χ1) is 9.65. The van der Waals surface area contributed by atoms with Crippen LogP contribution in [0.5, 0.6) is 0 Å². The van der Waals surface area contributed by atoms with Gasteiger partial charge >= 0.3 is 0 Å². The highest BCUT2D eigenvalue weighted by Gasteiger charge is 2.21. The first-order valence-electron chi connectivity index (χ1n) is 7.51. The molecule has 21 heavy (non-hydrogen) atoms. The van der Waals surface area contributed by atoms with Gasteiger partial charge in [0.05, 0.1) is 0 Å². The van der Waals surface area contributed by atoms with Gasteiger partial charge in [-0.1, -0.05) is 18.2 Å². The Morgan fingerprint density at radius 1 is 1.38 bits per heavy atom. The Labute approximate surface area is 145 Å². The number of guanidine groups is 1. The van der Waals surface area contributed by atoms with Crippen LogP contribution >= 0.6 is 24.0 Å². The standard InChI is InChI=1S/C16H26N4.HI/c1-13(2)20-10-6-7-14(12-20)11-18-16(17)19-15-8-4-3-5-9-15;/h3-5,8-9,13-14H,6-7,10-12H2,1-2H3,(H3,17,18,19);1H. The van der Waals surface area contributed by atoms with E-state index in [9.17, 15) is 0 Å². The summed E-state index contributed by atoms with van der Waals surface area (Å²) in [6.07, 6.45) is 2.52. The van der Waals surface area contributed by atoms with Gasteiger partial charge in [-0.25, -0.2) is 0 Å². The summed E-state index contributed by atoms with van der Waals surface area (Å²) in [6, 6.07) is 10.6. The number of rotatable bonds is 4. The minimum absolute atomic E-state index is 0. The van der Waals surface area contributed by atoms with Crippen LogP contribution in [0.4, 0.5) is 5.69 Å². The van der Waals surface area contributed by atoms with Crippen molar-refractivity contribution in [3.05, 3.63) is 30.3 Å². The lowest BCUT2D eigenvalue weighted by Crippen LogP contribution is -2.41. The summed E-state index contributed by atoms with van der Waals surface area (Å²) >= 11 is 0. The van der Waals surface area contributed by atoms with Gasteiger partial charge in [-0.2, -0.15) is 0 Å². The summed E-state index contributed by atoms with van der Waals surface area (Å²) in [7, 11) is 0. The molecule has 0 radical (unpaired) electrons. The maximum absolute atomic E-state index is 5.94. The number of likely N-dealkylation sites (tertiary alicyclic amines) is 1. The van der Waals surface area contributed by atoms with Crippen molar-refractivity contribution in [2.45, 2.75) is 32.7 Å². The van der Waals surface area contributed by atoms with E-state index in [1.54, 1.807) is 0 Å². The molecule has 1 aliphatic rings. The number of nitrogens with one attached hydrogen (secondary N) is 1. The first-order valence-corrected chi connectivity index (χ1v) is 7.51. The smallest absolute Gasteiger partial charge is 0.193 e. The van der Waals surface area contributed by atoms with Crippen molar-refractivity contribution in [1.82, 2.24) is 4.90 Å². The van der Waals surface area contributed by atoms with Gasteiger partial charge in [0.15, 0.2) is 5.96 Å². The molecule has 4 nitrogen and oxygen atoms in total. The number of nitrogens with zero attached hydrogens (tertiary/aromatic N) is 2. The Bertz CT molecular complexity index is 433. The third-order valence-electron chi connectivity index (χ3n) is 3.85. The Morgan fingerprint density at radius 3 is 2.76 bits per heavy atom. The van der Waals surface area contributed by atoms with E-state index in [4.69, 9.17) is 5.73 Å². The fourth-order valence-corrected chi connectivity index (χ4v) is 2.65. The SMILES string of the molecule is CC(C)N1CCCC(CN=C(N)Nc2ccccc2)C1.I. The Balaban J connectivity index is 0.00000220. The molecular weight excluding hydrogens is 375 g/mol. The second kappa shape index (κ2) is 9.25. The number of piperidine rings is 1. The summed E-state index contributed by atoms with van der Waals surface area (Å²) in [5.41, 5.74) is 6.93. The van der Waals surface area contributed by atoms with Gasteiger partial charge in [-0.3, -0.25) is 4.99 Å². The molecule has 0 aliphatic carbocycles. The van der Waals surface area contributed by atoms with Gasteiger partial charge in [-0.15, -0.1) is 24.0 Å². The Kier molecular flexibility index (Phi) is 8.03. The fourth-order valence-electron chi connectivity index (χ4n) is 2.65. The average Bonchev–Trinajstić information content (AvgIpc) is 2.46. The third kappa shape index (κ3) is 6.22. The van der Waals surface area contributed by atoms with Gasteiger partial charge in [-0.05, 0) is 51.3 Å². The molecule has 0 aromatic heterocycles. The van der Waals surface area contributed by atoms with Gasteiger partial charge in [0.2, 0.25) is 0 Å². The Morgan fingerprint density at radius 2 is 2.10 bits per heavy atom. The normalized spacial score (nSPS) is 20.1. The van der Waals surface area contributed by atoms with Crippen LogP contribution in [-0.4, -0.2) is 36.5 Å². The monoisotopic (exact) mass is 402 g/mol. The number of anilines is 1. The lowest BCUT2D eigenvalue weighted by molar-refractivity contribution is 0.143. The lowest BCUT2D eigenvalue weighted by Gasteiger charge is -2.34. The van der Waals surface area contributed by atoms with Crippen LogP contribution in [0.1, 0.15) is 26.7 Å². The molecule has 2 rings (SSSR count). The molecule has 0 spiro atoms. The van der Waals surface area contributed by atoms with E-state index in [0.717, 1.165) is 18.8 Å². The zero-order valence-electron chi connectivity index (χ0n) is 13.0. The highest BCUT2D eigenvalue weighted by Crippen LogP contribution is 2.18. The third-order valence-corrected chi connectivity index (χ3v) is 3.85. The molecule has 1 heterocycles. The topological polar surface area (TPSA) is 53.6 Å². The van der Waals surface area contributed by atoms with Crippen LogP contribution in [0.15, 0.2) is 35.3 Å². The molecule has 5 heteroatoms. The van der Waals surface area contributed by atoms with Crippen molar-refractivity contribution in [2.75, 3.05) is 25.0 Å². The van der Waals surface area contributed by atoms with E-state index < -0.39 is 0 Å². The molecule has 1 atom stereocenters. The second-order valence-corrected chi connectivity index (χ2v) is 5.81. The molecule has 118 valence electrons. The summed E-state index contributed by atoms with van der Waals surface area (Å²) < 4.78 is 0. The van der Waals surface area contributed by atoms with E-state index >= 15 is 0 Å². The lowest BCUT2D eigenvalue weighted by atomic mass is 9.97. The molecule has 1 aliphatic heterocycles. The van der Waals surface area contributed by atoms with Crippen molar-refractivity contribution in [3.8, 4) is 0 Å². The van der Waals surface area contributed by atoms with Crippen molar-refractivity contribution in [2.24, 2.45) is 16.6 Å². The van der Waals surface area contributed by atoms with Crippen LogP contribution in [0, 0.1) is 5.92 Å². The summed E-state index contributed by atoms with van der Waals surface area (Å²) in [5, 5.41) is 3.13. The van der Waals surface area contributed by atoms with Crippen molar-refractivity contribution in [3.63, 3.8) is 0 Å². The van der Waals surface area contributed by atoms with Crippen LogP contribution in [0.3, 0.4) is 0 Å². The number of halogens is 1. The number of para-hydroxylation sites is 1. The molecule has 0 amide bonds. The average molecular weight is 402 g/mol. The fraction of sp³-hybridized carbons (Fsp3) is 0.562. The largest absolute Gasteiger partial charge is 0.370 e. The van der Waals surface area contributed by atoms with Gasteiger partial charge in [0, 0.05) is 24.8 Å². The molecule has 1 unspecified atom stereocenters. The number of aliphatic imine (C=N–C) groups is 1. The van der Waals surface area contributed by atoms with Gasteiger partial charge in [0.25, 0.3) is 0 Å². The maximum atomic E-state index is 5.94. The molecule has 1 aromatic rings. The molecule has 1 saturated heterocycles. The van der Waals surface area contributed by atoms with Gasteiger partial charge < -0.3 is 16.0 Å². The molecule has 1 aromatic carbocycles. The maximum Gasteiger partial charge on any atom is 0.193 e. The van der Waals surface area contributed by atoms with Crippen LogP contribution in [0.2, 0.25) is 0 Å². The van der Waals surface area contributed by atoms with E-state index in [2.05, 4.69) is 29.1 Å². The minimum atomic E-state index is 0.